The lowest BCUT2D eigenvalue weighted by Crippen LogP contribution is -2.01. The van der Waals surface area contributed by atoms with Gasteiger partial charge < -0.3 is 10.3 Å². The largest absolute Gasteiger partial charge is 0.378 e. The molecule has 0 aliphatic heterocycles. The Labute approximate surface area is 110 Å². The van der Waals surface area contributed by atoms with Crippen LogP contribution in [0.4, 0.5) is 5.69 Å². The Morgan fingerprint density at radius 1 is 1.47 bits per heavy atom. The smallest absolute Gasteiger partial charge is 0.125 e. The molecular weight excluding hydrogens is 254 g/mol. The van der Waals surface area contributed by atoms with Crippen LogP contribution in [0.2, 0.25) is 5.02 Å². The molecule has 1 aromatic heterocycles. The first-order chi connectivity index (χ1) is 8.29. The Morgan fingerprint density at radius 3 is 3.06 bits per heavy atom. The molecule has 0 saturated carbocycles. The van der Waals surface area contributed by atoms with Gasteiger partial charge in [0, 0.05) is 28.9 Å². The van der Waals surface area contributed by atoms with E-state index in [9.17, 15) is 0 Å². The molecule has 1 heterocycles. The second-order valence-electron chi connectivity index (χ2n) is 3.63. The molecule has 0 aliphatic rings. The summed E-state index contributed by atoms with van der Waals surface area (Å²) in [6, 6.07) is 5.99. The molecule has 0 atom stereocenters. The summed E-state index contributed by atoms with van der Waals surface area (Å²) in [4.78, 5) is 7.21. The third kappa shape index (κ3) is 3.41. The van der Waals surface area contributed by atoms with E-state index in [0.717, 1.165) is 27.9 Å². The first-order valence-corrected chi connectivity index (χ1v) is 7.06. The number of anilines is 1. The number of hydrogen-bond donors (Lipinski definition) is 2. The number of rotatable bonds is 5. The van der Waals surface area contributed by atoms with Crippen molar-refractivity contribution in [1.29, 1.82) is 0 Å². The summed E-state index contributed by atoms with van der Waals surface area (Å²) < 4.78 is 0. The number of hydrogen-bond acceptors (Lipinski definition) is 3. The van der Waals surface area contributed by atoms with E-state index in [2.05, 4.69) is 27.6 Å². The average Bonchev–Trinajstić information content (AvgIpc) is 2.83. The molecule has 17 heavy (non-hydrogen) atoms. The van der Waals surface area contributed by atoms with Crippen molar-refractivity contribution >= 4 is 29.1 Å². The van der Waals surface area contributed by atoms with Gasteiger partial charge in [0.05, 0.1) is 6.54 Å². The fourth-order valence-electron chi connectivity index (χ4n) is 1.53. The highest BCUT2D eigenvalue weighted by Crippen LogP contribution is 2.24. The van der Waals surface area contributed by atoms with E-state index in [4.69, 9.17) is 11.6 Å². The van der Waals surface area contributed by atoms with Crippen LogP contribution in [-0.2, 0) is 12.3 Å². The molecule has 2 aromatic rings. The van der Waals surface area contributed by atoms with Gasteiger partial charge in [-0.05, 0) is 30.0 Å². The molecule has 0 unspecified atom stereocenters. The van der Waals surface area contributed by atoms with Crippen molar-refractivity contribution in [3.05, 3.63) is 47.0 Å². The van der Waals surface area contributed by atoms with Crippen molar-refractivity contribution < 1.29 is 0 Å². The summed E-state index contributed by atoms with van der Waals surface area (Å²) in [5, 5.41) is 4.13. The van der Waals surface area contributed by atoms with E-state index in [1.54, 1.807) is 18.0 Å². The summed E-state index contributed by atoms with van der Waals surface area (Å²) >= 11 is 7.88. The van der Waals surface area contributed by atoms with E-state index in [1.807, 2.05) is 18.3 Å². The first-order valence-electron chi connectivity index (χ1n) is 5.29. The van der Waals surface area contributed by atoms with Crippen molar-refractivity contribution in [3.63, 3.8) is 0 Å². The maximum Gasteiger partial charge on any atom is 0.125 e. The number of benzene rings is 1. The predicted octanol–water partition coefficient (Wildman–Crippen LogP) is 3.54. The van der Waals surface area contributed by atoms with Gasteiger partial charge in [0.1, 0.15) is 5.82 Å². The van der Waals surface area contributed by atoms with Crippen LogP contribution >= 0.6 is 23.4 Å². The second-order valence-corrected chi connectivity index (χ2v) is 4.90. The molecule has 0 fully saturated rings. The SMILES string of the molecule is CSCc1cc(NCc2ncc[nH]2)ccc1Cl. The van der Waals surface area contributed by atoms with Gasteiger partial charge in [-0.15, -0.1) is 0 Å². The Hall–Kier alpha value is -1.13. The van der Waals surface area contributed by atoms with E-state index >= 15 is 0 Å². The highest BCUT2D eigenvalue weighted by molar-refractivity contribution is 7.97. The van der Waals surface area contributed by atoms with E-state index < -0.39 is 0 Å². The summed E-state index contributed by atoms with van der Waals surface area (Å²) in [6.07, 6.45) is 5.63. The van der Waals surface area contributed by atoms with E-state index in [0.29, 0.717) is 6.54 Å². The van der Waals surface area contributed by atoms with Gasteiger partial charge in [0.2, 0.25) is 0 Å². The Balaban J connectivity index is 2.03. The number of aromatic nitrogens is 2. The van der Waals surface area contributed by atoms with Crippen LogP contribution in [0.3, 0.4) is 0 Å². The van der Waals surface area contributed by atoms with Gasteiger partial charge in [-0.1, -0.05) is 11.6 Å². The van der Waals surface area contributed by atoms with Crippen LogP contribution in [0.15, 0.2) is 30.6 Å². The maximum atomic E-state index is 6.12. The topological polar surface area (TPSA) is 40.7 Å². The molecule has 0 spiro atoms. The quantitative estimate of drug-likeness (QED) is 0.871. The lowest BCUT2D eigenvalue weighted by atomic mass is 10.2. The van der Waals surface area contributed by atoms with Crippen molar-refractivity contribution in [3.8, 4) is 0 Å². The maximum absolute atomic E-state index is 6.12. The predicted molar refractivity (Wildman–Crippen MR) is 74.6 cm³/mol. The molecule has 0 saturated heterocycles. The van der Waals surface area contributed by atoms with Gasteiger partial charge in [-0.3, -0.25) is 0 Å². The minimum Gasteiger partial charge on any atom is -0.378 e. The molecule has 90 valence electrons. The van der Waals surface area contributed by atoms with Gasteiger partial charge in [0.25, 0.3) is 0 Å². The van der Waals surface area contributed by atoms with Crippen molar-refractivity contribution in [2.45, 2.75) is 12.3 Å². The fraction of sp³-hybridized carbons (Fsp3) is 0.250. The van der Waals surface area contributed by atoms with Crippen molar-refractivity contribution in [2.75, 3.05) is 11.6 Å². The second kappa shape index (κ2) is 5.98. The Bertz CT molecular complexity index is 471. The van der Waals surface area contributed by atoms with Crippen LogP contribution in [-0.4, -0.2) is 16.2 Å². The minimum absolute atomic E-state index is 0.688. The van der Waals surface area contributed by atoms with Gasteiger partial charge >= 0.3 is 0 Å². The number of aromatic amines is 1. The molecule has 2 rings (SSSR count). The number of thioether (sulfide) groups is 1. The third-order valence-corrected chi connectivity index (χ3v) is 3.33. The van der Waals surface area contributed by atoms with E-state index in [1.165, 1.54) is 0 Å². The van der Waals surface area contributed by atoms with Gasteiger partial charge in [-0.2, -0.15) is 11.8 Å². The van der Waals surface area contributed by atoms with Crippen LogP contribution in [0.25, 0.3) is 0 Å². The zero-order valence-electron chi connectivity index (χ0n) is 9.53. The zero-order chi connectivity index (χ0) is 12.1. The van der Waals surface area contributed by atoms with Gasteiger partial charge in [-0.25, -0.2) is 4.98 Å². The fourth-order valence-corrected chi connectivity index (χ4v) is 2.34. The monoisotopic (exact) mass is 267 g/mol. The van der Waals surface area contributed by atoms with E-state index in [-0.39, 0.29) is 0 Å². The normalized spacial score (nSPS) is 10.5. The molecule has 0 bridgehead atoms. The van der Waals surface area contributed by atoms with Crippen molar-refractivity contribution in [2.24, 2.45) is 0 Å². The average molecular weight is 268 g/mol. The lowest BCUT2D eigenvalue weighted by molar-refractivity contribution is 0.999. The summed E-state index contributed by atoms with van der Waals surface area (Å²) in [5.74, 6) is 1.85. The molecule has 5 heteroatoms. The summed E-state index contributed by atoms with van der Waals surface area (Å²) in [7, 11) is 0. The molecular formula is C12H14ClN3S. The molecule has 3 nitrogen and oxygen atoms in total. The number of nitrogens with zero attached hydrogens (tertiary/aromatic N) is 1. The number of halogens is 1. The Kier molecular flexibility index (Phi) is 4.34. The van der Waals surface area contributed by atoms with Crippen LogP contribution in [0.5, 0.6) is 0 Å². The zero-order valence-corrected chi connectivity index (χ0v) is 11.1. The molecule has 0 radical (unpaired) electrons. The number of nitrogens with one attached hydrogen (secondary N) is 2. The summed E-state index contributed by atoms with van der Waals surface area (Å²) in [5.41, 5.74) is 2.22. The number of imidazole rings is 1. The molecule has 2 N–H and O–H groups in total. The third-order valence-electron chi connectivity index (χ3n) is 2.36. The molecule has 0 amide bonds. The highest BCUT2D eigenvalue weighted by Gasteiger charge is 2.02. The minimum atomic E-state index is 0.688. The van der Waals surface area contributed by atoms with Gasteiger partial charge in [0.15, 0.2) is 0 Å². The molecule has 1 aromatic carbocycles. The lowest BCUT2D eigenvalue weighted by Gasteiger charge is -2.08. The molecule has 0 aliphatic carbocycles. The van der Waals surface area contributed by atoms with Crippen LogP contribution < -0.4 is 5.32 Å². The standard InChI is InChI=1S/C12H14ClN3S/c1-17-8-9-6-10(2-3-11(9)13)16-7-12-14-4-5-15-12/h2-6,16H,7-8H2,1H3,(H,14,15). The first kappa shape index (κ1) is 12.3. The van der Waals surface area contributed by atoms with Crippen LogP contribution in [0.1, 0.15) is 11.4 Å². The van der Waals surface area contributed by atoms with Crippen LogP contribution in [0, 0.1) is 0 Å². The summed E-state index contributed by atoms with van der Waals surface area (Å²) in [6.45, 7) is 0.688. The highest BCUT2D eigenvalue weighted by atomic mass is 35.5. The number of H-pyrrole nitrogens is 1. The Morgan fingerprint density at radius 2 is 2.35 bits per heavy atom. The van der Waals surface area contributed by atoms with Crippen molar-refractivity contribution in [1.82, 2.24) is 9.97 Å².